The molecule has 9 heteroatoms. The number of hydrogen-bond donors (Lipinski definition) is 2. The zero-order valence-corrected chi connectivity index (χ0v) is 22.5. The van der Waals surface area contributed by atoms with Gasteiger partial charge in [-0.15, -0.1) is 0 Å². The van der Waals surface area contributed by atoms with Gasteiger partial charge in [0.25, 0.3) is 0 Å². The quantitative estimate of drug-likeness (QED) is 0.649. The molecule has 1 aliphatic heterocycles. The second-order valence-electron chi connectivity index (χ2n) is 9.18. The highest BCUT2D eigenvalue weighted by Crippen LogP contribution is 2.23. The minimum atomic E-state index is -0.594. The van der Waals surface area contributed by atoms with Crippen molar-refractivity contribution in [3.63, 3.8) is 0 Å². The third-order valence-electron chi connectivity index (χ3n) is 5.43. The molecule has 1 fully saturated rings. The third kappa shape index (κ3) is 8.74. The largest absolute Gasteiger partial charge is 0.350 e. The SMILES string of the molecule is CC.CC(C)C(N)C(=O)N1CCCC1C(=O)NCc1ccc(-c2c(F)cnn2C)cc1.CN(C)C. The Hall–Kier alpha value is -2.78. The molecule has 2 heterocycles. The van der Waals surface area contributed by atoms with Gasteiger partial charge in [0.15, 0.2) is 5.82 Å². The normalized spacial score (nSPS) is 15.8. The van der Waals surface area contributed by atoms with E-state index in [2.05, 4.69) is 10.4 Å². The fraction of sp³-hybridized carbons (Fsp3) is 0.577. The van der Waals surface area contributed by atoms with Crippen molar-refractivity contribution >= 4 is 11.8 Å². The summed E-state index contributed by atoms with van der Waals surface area (Å²) in [7, 11) is 7.69. The van der Waals surface area contributed by atoms with E-state index in [4.69, 9.17) is 5.73 Å². The molecule has 2 unspecified atom stereocenters. The van der Waals surface area contributed by atoms with Gasteiger partial charge in [0.05, 0.1) is 12.2 Å². The molecule has 8 nitrogen and oxygen atoms in total. The zero-order valence-electron chi connectivity index (χ0n) is 22.5. The van der Waals surface area contributed by atoms with Gasteiger partial charge in [-0.3, -0.25) is 14.3 Å². The van der Waals surface area contributed by atoms with Crippen LogP contribution in [-0.2, 0) is 23.2 Å². The van der Waals surface area contributed by atoms with Gasteiger partial charge in [0, 0.05) is 25.7 Å². The van der Waals surface area contributed by atoms with Crippen molar-refractivity contribution in [3.8, 4) is 11.3 Å². The van der Waals surface area contributed by atoms with Gasteiger partial charge in [-0.1, -0.05) is 52.0 Å². The smallest absolute Gasteiger partial charge is 0.243 e. The van der Waals surface area contributed by atoms with E-state index in [1.807, 2.05) is 65.9 Å². The molecule has 2 amide bonds. The highest BCUT2D eigenvalue weighted by atomic mass is 19.1. The Balaban J connectivity index is 0.000000926. The van der Waals surface area contributed by atoms with Crippen LogP contribution in [0, 0.1) is 11.7 Å². The molecule has 196 valence electrons. The van der Waals surface area contributed by atoms with E-state index in [0.717, 1.165) is 12.0 Å². The Kier molecular flexibility index (Phi) is 12.6. The summed E-state index contributed by atoms with van der Waals surface area (Å²) in [5.74, 6) is -0.692. The van der Waals surface area contributed by atoms with Crippen molar-refractivity contribution in [2.45, 2.75) is 59.2 Å². The highest BCUT2D eigenvalue weighted by Gasteiger charge is 2.36. The first-order chi connectivity index (χ1) is 16.5. The molecule has 3 N–H and O–H groups in total. The molecular weight excluding hydrogens is 447 g/mol. The fourth-order valence-corrected chi connectivity index (χ4v) is 3.60. The van der Waals surface area contributed by atoms with Gasteiger partial charge in [0.1, 0.15) is 11.7 Å². The molecule has 1 aliphatic rings. The number of aryl methyl sites for hydroxylation is 1. The lowest BCUT2D eigenvalue weighted by Crippen LogP contribution is -2.52. The van der Waals surface area contributed by atoms with Crippen LogP contribution in [0.5, 0.6) is 0 Å². The number of likely N-dealkylation sites (tertiary alicyclic amines) is 1. The first-order valence-corrected chi connectivity index (χ1v) is 12.2. The molecular formula is C26H43FN6O2. The van der Waals surface area contributed by atoms with Crippen LogP contribution in [0.25, 0.3) is 11.3 Å². The Labute approximate surface area is 209 Å². The van der Waals surface area contributed by atoms with Crippen molar-refractivity contribution in [1.82, 2.24) is 24.9 Å². The predicted molar refractivity (Wildman–Crippen MR) is 139 cm³/mol. The molecule has 0 radical (unpaired) electrons. The van der Waals surface area contributed by atoms with Gasteiger partial charge in [-0.05, 0) is 45.5 Å². The van der Waals surface area contributed by atoms with E-state index in [9.17, 15) is 14.0 Å². The van der Waals surface area contributed by atoms with Crippen molar-refractivity contribution in [2.24, 2.45) is 18.7 Å². The predicted octanol–water partition coefficient (Wildman–Crippen LogP) is 3.02. The summed E-state index contributed by atoms with van der Waals surface area (Å²) in [5.41, 5.74) is 8.01. The number of halogens is 1. The van der Waals surface area contributed by atoms with E-state index in [-0.39, 0.29) is 23.5 Å². The van der Waals surface area contributed by atoms with Crippen molar-refractivity contribution in [1.29, 1.82) is 0 Å². The van der Waals surface area contributed by atoms with Crippen molar-refractivity contribution < 1.29 is 14.0 Å². The maximum Gasteiger partial charge on any atom is 0.243 e. The van der Waals surface area contributed by atoms with Crippen LogP contribution < -0.4 is 11.1 Å². The molecule has 0 bridgehead atoms. The van der Waals surface area contributed by atoms with Crippen LogP contribution in [0.1, 0.15) is 46.1 Å². The lowest BCUT2D eigenvalue weighted by molar-refractivity contribution is -0.140. The van der Waals surface area contributed by atoms with Gasteiger partial charge in [-0.25, -0.2) is 4.39 Å². The summed E-state index contributed by atoms with van der Waals surface area (Å²) in [6.45, 7) is 8.69. The number of benzene rings is 1. The van der Waals surface area contributed by atoms with Gasteiger partial charge >= 0.3 is 0 Å². The standard InChI is InChI=1S/C21H28FN5O2.C3H9N.C2H6/c1-13(2)18(23)21(29)27-10-4-5-17(27)20(28)24-11-14-6-8-15(9-7-14)19-16(22)12-25-26(19)3;1-4(2)3;1-2/h6-9,12-13,17-18H,4-5,10-11,23H2,1-3H3,(H,24,28);1-3H3;1-2H3. The maximum atomic E-state index is 13.9. The molecule has 0 spiro atoms. The van der Waals surface area contributed by atoms with Gasteiger partial charge in [-0.2, -0.15) is 5.10 Å². The van der Waals surface area contributed by atoms with E-state index in [0.29, 0.717) is 30.8 Å². The number of nitrogens with zero attached hydrogens (tertiary/aromatic N) is 4. The lowest BCUT2D eigenvalue weighted by Gasteiger charge is -2.28. The Morgan fingerprint density at radius 3 is 2.26 bits per heavy atom. The number of nitrogens with one attached hydrogen (secondary N) is 1. The average Bonchev–Trinajstić information content (AvgIpc) is 3.44. The molecule has 0 aliphatic carbocycles. The number of nitrogens with two attached hydrogens (primary N) is 1. The topological polar surface area (TPSA) is 96.5 Å². The molecule has 1 aromatic carbocycles. The summed E-state index contributed by atoms with van der Waals surface area (Å²) in [6.07, 6.45) is 2.62. The lowest BCUT2D eigenvalue weighted by atomic mass is 10.0. The summed E-state index contributed by atoms with van der Waals surface area (Å²) in [6, 6.07) is 6.21. The van der Waals surface area contributed by atoms with Crippen molar-refractivity contribution in [3.05, 3.63) is 41.8 Å². The molecule has 35 heavy (non-hydrogen) atoms. The molecule has 1 saturated heterocycles. The van der Waals surface area contributed by atoms with Crippen LogP contribution in [0.2, 0.25) is 0 Å². The minimum Gasteiger partial charge on any atom is -0.350 e. The number of rotatable bonds is 6. The maximum absolute atomic E-state index is 13.9. The molecule has 3 rings (SSSR count). The van der Waals surface area contributed by atoms with Gasteiger partial charge < -0.3 is 20.9 Å². The zero-order chi connectivity index (χ0) is 26.7. The Morgan fingerprint density at radius 2 is 1.77 bits per heavy atom. The van der Waals surface area contributed by atoms with Crippen LogP contribution in [0.15, 0.2) is 30.5 Å². The number of carbonyl (C=O) groups is 2. The number of hydrogen-bond acceptors (Lipinski definition) is 5. The van der Waals surface area contributed by atoms with Crippen molar-refractivity contribution in [2.75, 3.05) is 27.7 Å². The summed E-state index contributed by atoms with van der Waals surface area (Å²) in [5, 5.41) is 6.81. The monoisotopic (exact) mass is 490 g/mol. The molecule has 0 saturated carbocycles. The second-order valence-corrected chi connectivity index (χ2v) is 9.18. The number of amides is 2. The summed E-state index contributed by atoms with van der Waals surface area (Å²) in [4.78, 5) is 28.8. The van der Waals surface area contributed by atoms with Gasteiger partial charge in [0.2, 0.25) is 11.8 Å². The van der Waals surface area contributed by atoms with Crippen LogP contribution in [0.3, 0.4) is 0 Å². The third-order valence-corrected chi connectivity index (χ3v) is 5.43. The summed E-state index contributed by atoms with van der Waals surface area (Å²) >= 11 is 0. The van der Waals surface area contributed by atoms with Crippen LogP contribution in [-0.4, -0.2) is 71.2 Å². The molecule has 1 aromatic heterocycles. The first kappa shape index (κ1) is 30.3. The Morgan fingerprint density at radius 1 is 1.20 bits per heavy atom. The highest BCUT2D eigenvalue weighted by molar-refractivity contribution is 5.90. The van der Waals surface area contributed by atoms with Crippen LogP contribution >= 0.6 is 0 Å². The second kappa shape index (κ2) is 14.6. The summed E-state index contributed by atoms with van der Waals surface area (Å²) < 4.78 is 15.3. The Bertz CT molecular complexity index is 904. The molecule has 2 atom stereocenters. The van der Waals surface area contributed by atoms with E-state index >= 15 is 0 Å². The average molecular weight is 491 g/mol. The number of aromatic nitrogens is 2. The minimum absolute atomic E-state index is 0.0228. The number of carbonyl (C=O) groups excluding carboxylic acids is 2. The van der Waals surface area contributed by atoms with E-state index in [1.54, 1.807) is 24.1 Å². The fourth-order valence-electron chi connectivity index (χ4n) is 3.60. The van der Waals surface area contributed by atoms with Crippen LogP contribution in [0.4, 0.5) is 4.39 Å². The van der Waals surface area contributed by atoms with E-state index in [1.165, 1.54) is 10.9 Å². The van der Waals surface area contributed by atoms with E-state index < -0.39 is 12.1 Å². The molecule has 2 aromatic rings. The first-order valence-electron chi connectivity index (χ1n) is 12.2.